The Morgan fingerprint density at radius 1 is 1.56 bits per heavy atom. The van der Waals surface area contributed by atoms with Crippen LogP contribution >= 0.6 is 27.5 Å². The lowest BCUT2D eigenvalue weighted by atomic mass is 10.2. The zero-order chi connectivity index (χ0) is 13.3. The van der Waals surface area contributed by atoms with E-state index in [0.717, 1.165) is 11.5 Å². The summed E-state index contributed by atoms with van der Waals surface area (Å²) < 4.78 is 18.1. The maximum Gasteiger partial charge on any atom is 0.340 e. The molecular weight excluding hydrogens is 323 g/mol. The third-order valence-electron chi connectivity index (χ3n) is 2.28. The van der Waals surface area contributed by atoms with Gasteiger partial charge in [0.15, 0.2) is 0 Å². The summed E-state index contributed by atoms with van der Waals surface area (Å²) in [5.74, 6) is -1.55. The summed E-state index contributed by atoms with van der Waals surface area (Å²) in [6.07, 6.45) is 0. The lowest BCUT2D eigenvalue weighted by Gasteiger charge is -2.08. The molecule has 0 amide bonds. The van der Waals surface area contributed by atoms with E-state index in [1.165, 1.54) is 6.07 Å². The standard InChI is InChI=1S/C11H8BrFN2O2S/c1-5-8(11(16)17)10(18-15-5)14-9-6(12)3-2-4-7(9)13/h2-4,14H,1H3,(H,16,17). The summed E-state index contributed by atoms with van der Waals surface area (Å²) in [6.45, 7) is 1.60. The van der Waals surface area contributed by atoms with Crippen LogP contribution in [0, 0.1) is 12.7 Å². The molecular formula is C11H8BrFN2O2S. The highest BCUT2D eigenvalue weighted by Gasteiger charge is 2.19. The van der Waals surface area contributed by atoms with E-state index in [9.17, 15) is 9.18 Å². The fraction of sp³-hybridized carbons (Fsp3) is 0.0909. The molecule has 1 heterocycles. The van der Waals surface area contributed by atoms with E-state index < -0.39 is 11.8 Å². The first kappa shape index (κ1) is 13.0. The number of benzene rings is 1. The molecule has 94 valence electrons. The molecule has 0 saturated carbocycles. The average molecular weight is 331 g/mol. The van der Waals surface area contributed by atoms with Crippen LogP contribution in [0.2, 0.25) is 0 Å². The van der Waals surface area contributed by atoms with Crippen molar-refractivity contribution in [3.05, 3.63) is 39.7 Å². The highest BCUT2D eigenvalue weighted by atomic mass is 79.9. The Kier molecular flexibility index (Phi) is 3.63. The van der Waals surface area contributed by atoms with Crippen LogP contribution < -0.4 is 5.32 Å². The SMILES string of the molecule is Cc1nsc(Nc2c(F)cccc2Br)c1C(=O)O. The van der Waals surface area contributed by atoms with Gasteiger partial charge in [-0.15, -0.1) is 0 Å². The number of rotatable bonds is 3. The van der Waals surface area contributed by atoms with Crippen molar-refractivity contribution in [3.63, 3.8) is 0 Å². The van der Waals surface area contributed by atoms with Crippen molar-refractivity contribution in [2.24, 2.45) is 0 Å². The van der Waals surface area contributed by atoms with Crippen LogP contribution in [-0.4, -0.2) is 15.4 Å². The van der Waals surface area contributed by atoms with Gasteiger partial charge in [-0.2, -0.15) is 4.37 Å². The largest absolute Gasteiger partial charge is 0.478 e. The molecule has 18 heavy (non-hydrogen) atoms. The molecule has 1 aromatic heterocycles. The van der Waals surface area contributed by atoms with Gasteiger partial charge in [-0.25, -0.2) is 9.18 Å². The quantitative estimate of drug-likeness (QED) is 0.898. The van der Waals surface area contributed by atoms with Gasteiger partial charge >= 0.3 is 5.97 Å². The summed E-state index contributed by atoms with van der Waals surface area (Å²) in [5.41, 5.74) is 0.668. The number of aromatic carboxylic acids is 1. The van der Waals surface area contributed by atoms with Gasteiger partial charge in [-0.1, -0.05) is 6.07 Å². The molecule has 2 aromatic rings. The molecule has 0 radical (unpaired) electrons. The van der Waals surface area contributed by atoms with Crippen LogP contribution in [0.4, 0.5) is 15.1 Å². The Labute approximate surface area is 115 Å². The Morgan fingerprint density at radius 2 is 2.28 bits per heavy atom. The number of carbonyl (C=O) groups is 1. The Morgan fingerprint density at radius 3 is 2.89 bits per heavy atom. The van der Waals surface area contributed by atoms with E-state index >= 15 is 0 Å². The molecule has 0 bridgehead atoms. The van der Waals surface area contributed by atoms with Gasteiger partial charge in [-0.3, -0.25) is 0 Å². The second kappa shape index (κ2) is 5.03. The minimum absolute atomic E-state index is 0.0650. The van der Waals surface area contributed by atoms with Crippen molar-refractivity contribution in [1.29, 1.82) is 0 Å². The fourth-order valence-electron chi connectivity index (χ4n) is 1.44. The van der Waals surface area contributed by atoms with Crippen molar-refractivity contribution >= 4 is 44.1 Å². The number of halogens is 2. The van der Waals surface area contributed by atoms with Gasteiger partial charge in [0.1, 0.15) is 16.4 Å². The second-order valence-electron chi connectivity index (χ2n) is 3.50. The smallest absolute Gasteiger partial charge is 0.340 e. The molecule has 1 aromatic carbocycles. The van der Waals surface area contributed by atoms with Gasteiger partial charge in [-0.05, 0) is 46.5 Å². The number of hydrogen-bond acceptors (Lipinski definition) is 4. The summed E-state index contributed by atoms with van der Waals surface area (Å²) in [6, 6.07) is 4.52. The number of carboxylic acid groups (broad SMARTS) is 1. The number of aryl methyl sites for hydroxylation is 1. The first-order valence-corrected chi connectivity index (χ1v) is 6.48. The average Bonchev–Trinajstić information content (AvgIpc) is 2.65. The van der Waals surface area contributed by atoms with Gasteiger partial charge in [0.2, 0.25) is 0 Å². The third kappa shape index (κ3) is 2.37. The molecule has 2 N–H and O–H groups in total. The number of carboxylic acids is 1. The van der Waals surface area contributed by atoms with E-state index in [-0.39, 0.29) is 11.3 Å². The van der Waals surface area contributed by atoms with Crippen LogP contribution in [0.25, 0.3) is 0 Å². The zero-order valence-corrected chi connectivity index (χ0v) is 11.6. The normalized spacial score (nSPS) is 10.4. The van der Waals surface area contributed by atoms with Crippen LogP contribution in [-0.2, 0) is 0 Å². The van der Waals surface area contributed by atoms with Crippen LogP contribution in [0.5, 0.6) is 0 Å². The fourth-order valence-corrected chi connectivity index (χ4v) is 2.67. The maximum absolute atomic E-state index is 13.6. The number of aromatic nitrogens is 1. The van der Waals surface area contributed by atoms with E-state index in [2.05, 4.69) is 25.6 Å². The molecule has 0 aliphatic carbocycles. The van der Waals surface area contributed by atoms with Crippen LogP contribution in [0.1, 0.15) is 16.1 Å². The second-order valence-corrected chi connectivity index (χ2v) is 5.13. The number of anilines is 2. The van der Waals surface area contributed by atoms with Crippen LogP contribution in [0.3, 0.4) is 0 Å². The van der Waals surface area contributed by atoms with Gasteiger partial charge in [0, 0.05) is 4.47 Å². The number of nitrogens with one attached hydrogen (secondary N) is 1. The van der Waals surface area contributed by atoms with Crippen LogP contribution in [0.15, 0.2) is 22.7 Å². The highest BCUT2D eigenvalue weighted by molar-refractivity contribution is 9.10. The zero-order valence-electron chi connectivity index (χ0n) is 9.20. The summed E-state index contributed by atoms with van der Waals surface area (Å²) >= 11 is 4.19. The number of hydrogen-bond donors (Lipinski definition) is 2. The summed E-state index contributed by atoms with van der Waals surface area (Å²) in [7, 11) is 0. The minimum Gasteiger partial charge on any atom is -0.478 e. The maximum atomic E-state index is 13.6. The molecule has 0 aliphatic heterocycles. The molecule has 2 rings (SSSR count). The molecule has 7 heteroatoms. The van der Waals surface area contributed by atoms with Gasteiger partial charge in [0.05, 0.1) is 11.4 Å². The summed E-state index contributed by atoms with van der Waals surface area (Å²) in [4.78, 5) is 11.1. The van der Waals surface area contributed by atoms with Gasteiger partial charge in [0.25, 0.3) is 0 Å². The molecule has 0 atom stereocenters. The highest BCUT2D eigenvalue weighted by Crippen LogP contribution is 2.33. The van der Waals surface area contributed by atoms with E-state index in [0.29, 0.717) is 15.2 Å². The van der Waals surface area contributed by atoms with Crippen molar-refractivity contribution < 1.29 is 14.3 Å². The van der Waals surface area contributed by atoms with E-state index in [1.54, 1.807) is 19.1 Å². The van der Waals surface area contributed by atoms with Crippen molar-refractivity contribution in [1.82, 2.24) is 4.37 Å². The Balaban J connectivity index is 2.44. The third-order valence-corrected chi connectivity index (χ3v) is 3.79. The number of nitrogens with zero attached hydrogens (tertiary/aromatic N) is 1. The predicted octanol–water partition coefficient (Wildman–Crippen LogP) is 3.79. The Hall–Kier alpha value is -1.47. The number of para-hydroxylation sites is 1. The van der Waals surface area contributed by atoms with E-state index in [1.807, 2.05) is 0 Å². The first-order chi connectivity index (χ1) is 8.50. The molecule has 0 saturated heterocycles. The lowest BCUT2D eigenvalue weighted by molar-refractivity contribution is 0.0697. The molecule has 4 nitrogen and oxygen atoms in total. The van der Waals surface area contributed by atoms with E-state index in [4.69, 9.17) is 5.11 Å². The monoisotopic (exact) mass is 330 g/mol. The predicted molar refractivity (Wildman–Crippen MR) is 71.2 cm³/mol. The van der Waals surface area contributed by atoms with Crippen molar-refractivity contribution in [3.8, 4) is 0 Å². The lowest BCUT2D eigenvalue weighted by Crippen LogP contribution is -2.02. The minimum atomic E-state index is -1.09. The molecule has 0 aliphatic rings. The van der Waals surface area contributed by atoms with Crippen molar-refractivity contribution in [2.45, 2.75) is 6.92 Å². The molecule has 0 fully saturated rings. The summed E-state index contributed by atoms with van der Waals surface area (Å²) in [5, 5.41) is 12.1. The van der Waals surface area contributed by atoms with Gasteiger partial charge < -0.3 is 10.4 Å². The first-order valence-electron chi connectivity index (χ1n) is 4.91. The molecule has 0 spiro atoms. The van der Waals surface area contributed by atoms with Crippen molar-refractivity contribution in [2.75, 3.05) is 5.32 Å². The Bertz CT molecular complexity index is 595. The topological polar surface area (TPSA) is 62.2 Å². The molecule has 0 unspecified atom stereocenters.